The van der Waals surface area contributed by atoms with Crippen LogP contribution in [0.3, 0.4) is 0 Å². The molecule has 1 heterocycles. The van der Waals surface area contributed by atoms with Gasteiger partial charge in [-0.15, -0.1) is 0 Å². The molecule has 0 fully saturated rings. The van der Waals surface area contributed by atoms with E-state index in [-0.39, 0.29) is 5.91 Å². The highest BCUT2D eigenvalue weighted by Gasteiger charge is 2.21. The molecule has 4 heteroatoms. The van der Waals surface area contributed by atoms with E-state index in [9.17, 15) is 4.79 Å². The smallest absolute Gasteiger partial charge is 0.230 e. The van der Waals surface area contributed by atoms with Gasteiger partial charge in [0.2, 0.25) is 5.91 Å². The minimum absolute atomic E-state index is 0.0444. The number of para-hydroxylation sites is 1. The maximum Gasteiger partial charge on any atom is 0.230 e. The van der Waals surface area contributed by atoms with Gasteiger partial charge in [-0.1, -0.05) is 45.9 Å². The molecule has 0 aliphatic rings. The van der Waals surface area contributed by atoms with Crippen molar-refractivity contribution in [1.82, 2.24) is 4.98 Å². The lowest BCUT2D eigenvalue weighted by Gasteiger charge is -2.17. The van der Waals surface area contributed by atoms with Crippen molar-refractivity contribution in [2.24, 2.45) is 5.41 Å². The van der Waals surface area contributed by atoms with Crippen molar-refractivity contribution < 1.29 is 4.79 Å². The first-order chi connectivity index (χ1) is 10.4. The quantitative estimate of drug-likeness (QED) is 0.881. The molecule has 1 aromatic carbocycles. The van der Waals surface area contributed by atoms with E-state index in [1.165, 1.54) is 5.56 Å². The van der Waals surface area contributed by atoms with Crippen molar-refractivity contribution in [1.29, 1.82) is 0 Å². The molecule has 22 heavy (non-hydrogen) atoms. The number of aryl methyl sites for hydroxylation is 1. The molecule has 2 N–H and O–H groups in total. The second kappa shape index (κ2) is 6.60. The summed E-state index contributed by atoms with van der Waals surface area (Å²) in [6, 6.07) is 11.9. The minimum atomic E-state index is -0.432. The van der Waals surface area contributed by atoms with E-state index >= 15 is 0 Å². The number of carbonyl (C=O) groups excluding carboxylic acids is 1. The monoisotopic (exact) mass is 297 g/mol. The molecule has 0 radical (unpaired) electrons. The maximum atomic E-state index is 11.9. The molecule has 0 aliphatic carbocycles. The van der Waals surface area contributed by atoms with Gasteiger partial charge in [0, 0.05) is 11.1 Å². The lowest BCUT2D eigenvalue weighted by atomic mass is 9.96. The second-order valence-electron chi connectivity index (χ2n) is 6.27. The number of pyridine rings is 1. The van der Waals surface area contributed by atoms with Crippen LogP contribution in [0.25, 0.3) is 0 Å². The first-order valence-corrected chi connectivity index (χ1v) is 7.52. The Hall–Kier alpha value is -2.36. The Morgan fingerprint density at radius 1 is 1.14 bits per heavy atom. The third-order valence-electron chi connectivity index (χ3n) is 3.36. The summed E-state index contributed by atoms with van der Waals surface area (Å²) in [4.78, 5) is 16.2. The van der Waals surface area contributed by atoms with E-state index in [4.69, 9.17) is 0 Å². The van der Waals surface area contributed by atoms with E-state index in [0.29, 0.717) is 5.82 Å². The number of amides is 1. The first-order valence-electron chi connectivity index (χ1n) is 7.52. The Bertz CT molecular complexity index is 642. The molecule has 116 valence electrons. The summed E-state index contributed by atoms with van der Waals surface area (Å²) in [5.41, 5.74) is 2.80. The Morgan fingerprint density at radius 2 is 1.86 bits per heavy atom. The summed E-state index contributed by atoms with van der Waals surface area (Å²) >= 11 is 0. The molecule has 2 aromatic rings. The van der Waals surface area contributed by atoms with Crippen LogP contribution in [0.2, 0.25) is 0 Å². The van der Waals surface area contributed by atoms with Crippen LogP contribution in [0.5, 0.6) is 0 Å². The highest BCUT2D eigenvalue weighted by molar-refractivity contribution is 5.93. The molecule has 0 spiro atoms. The largest absolute Gasteiger partial charge is 0.354 e. The molecule has 4 nitrogen and oxygen atoms in total. The summed E-state index contributed by atoms with van der Waals surface area (Å²) in [5, 5.41) is 6.18. The Morgan fingerprint density at radius 3 is 2.45 bits per heavy atom. The van der Waals surface area contributed by atoms with Gasteiger partial charge in [0.05, 0.1) is 11.9 Å². The summed E-state index contributed by atoms with van der Waals surface area (Å²) in [6.07, 6.45) is 2.70. The second-order valence-corrected chi connectivity index (χ2v) is 6.27. The Balaban J connectivity index is 2.08. The zero-order valence-electron chi connectivity index (χ0n) is 13.6. The van der Waals surface area contributed by atoms with E-state index in [2.05, 4.69) is 28.6 Å². The highest BCUT2D eigenvalue weighted by Crippen LogP contribution is 2.22. The molecular formula is C18H23N3O. The van der Waals surface area contributed by atoms with Crippen LogP contribution in [0.4, 0.5) is 17.2 Å². The molecule has 0 aliphatic heterocycles. The van der Waals surface area contributed by atoms with Crippen molar-refractivity contribution in [3.63, 3.8) is 0 Å². The van der Waals surface area contributed by atoms with Gasteiger partial charge >= 0.3 is 0 Å². The van der Waals surface area contributed by atoms with Crippen LogP contribution in [0.15, 0.2) is 42.6 Å². The topological polar surface area (TPSA) is 54.0 Å². The molecule has 0 bridgehead atoms. The van der Waals surface area contributed by atoms with Crippen LogP contribution in [0.1, 0.15) is 33.3 Å². The van der Waals surface area contributed by atoms with Crippen molar-refractivity contribution in [3.05, 3.63) is 48.2 Å². The van der Waals surface area contributed by atoms with Crippen LogP contribution in [0, 0.1) is 5.41 Å². The summed E-state index contributed by atoms with van der Waals surface area (Å²) < 4.78 is 0. The number of nitrogens with zero attached hydrogens (tertiary/aromatic N) is 1. The first kappa shape index (κ1) is 16.0. The number of carbonyl (C=O) groups is 1. The molecule has 0 saturated heterocycles. The van der Waals surface area contributed by atoms with Crippen LogP contribution in [-0.2, 0) is 11.2 Å². The van der Waals surface area contributed by atoms with Crippen LogP contribution >= 0.6 is 0 Å². The van der Waals surface area contributed by atoms with E-state index < -0.39 is 5.41 Å². The minimum Gasteiger partial charge on any atom is -0.354 e. The summed E-state index contributed by atoms with van der Waals surface area (Å²) in [7, 11) is 0. The van der Waals surface area contributed by atoms with E-state index in [1.807, 2.05) is 45.0 Å². The number of aromatic nitrogens is 1. The molecule has 0 saturated carbocycles. The SMILES string of the molecule is CCc1ccccc1Nc1ccc(NC(=O)C(C)(C)C)nc1. The number of nitrogens with one attached hydrogen (secondary N) is 2. The Labute approximate surface area is 132 Å². The average Bonchev–Trinajstić information content (AvgIpc) is 2.49. The fourth-order valence-corrected chi connectivity index (χ4v) is 1.95. The van der Waals surface area contributed by atoms with Gasteiger partial charge < -0.3 is 10.6 Å². The standard InChI is InChI=1S/C18H23N3O/c1-5-13-8-6-7-9-15(13)20-14-10-11-16(19-12-14)21-17(22)18(2,3)4/h6-12,20H,5H2,1-4H3,(H,19,21,22). The lowest BCUT2D eigenvalue weighted by molar-refractivity contribution is -0.123. The normalized spacial score (nSPS) is 11.1. The van der Waals surface area contributed by atoms with Crippen molar-refractivity contribution in [2.45, 2.75) is 34.1 Å². The van der Waals surface area contributed by atoms with Crippen LogP contribution < -0.4 is 10.6 Å². The molecule has 0 unspecified atom stereocenters. The molecular weight excluding hydrogens is 274 g/mol. The zero-order valence-corrected chi connectivity index (χ0v) is 13.6. The maximum absolute atomic E-state index is 11.9. The predicted molar refractivity (Wildman–Crippen MR) is 91.4 cm³/mol. The van der Waals surface area contributed by atoms with Crippen molar-refractivity contribution >= 4 is 23.1 Å². The number of hydrogen-bond donors (Lipinski definition) is 2. The molecule has 2 rings (SSSR count). The van der Waals surface area contributed by atoms with Crippen LogP contribution in [-0.4, -0.2) is 10.9 Å². The van der Waals surface area contributed by atoms with Gasteiger partial charge in [-0.05, 0) is 30.2 Å². The third-order valence-corrected chi connectivity index (χ3v) is 3.36. The van der Waals surface area contributed by atoms with Gasteiger partial charge in [-0.25, -0.2) is 4.98 Å². The van der Waals surface area contributed by atoms with Gasteiger partial charge in [0.15, 0.2) is 0 Å². The van der Waals surface area contributed by atoms with E-state index in [0.717, 1.165) is 17.8 Å². The fraction of sp³-hybridized carbons (Fsp3) is 0.333. The molecule has 1 amide bonds. The Kier molecular flexibility index (Phi) is 4.81. The van der Waals surface area contributed by atoms with Gasteiger partial charge in [0.25, 0.3) is 0 Å². The lowest BCUT2D eigenvalue weighted by Crippen LogP contribution is -2.27. The number of hydrogen-bond acceptors (Lipinski definition) is 3. The predicted octanol–water partition coefficient (Wildman–Crippen LogP) is 4.37. The number of benzene rings is 1. The van der Waals surface area contributed by atoms with Gasteiger partial charge in [-0.2, -0.15) is 0 Å². The third kappa shape index (κ3) is 4.07. The van der Waals surface area contributed by atoms with Gasteiger partial charge in [0.1, 0.15) is 5.82 Å². The van der Waals surface area contributed by atoms with E-state index in [1.54, 1.807) is 12.3 Å². The highest BCUT2D eigenvalue weighted by atomic mass is 16.2. The summed E-state index contributed by atoms with van der Waals surface area (Å²) in [5.74, 6) is 0.520. The average molecular weight is 297 g/mol. The van der Waals surface area contributed by atoms with Crippen molar-refractivity contribution in [3.8, 4) is 0 Å². The molecule has 0 atom stereocenters. The molecule has 1 aromatic heterocycles. The number of anilines is 3. The van der Waals surface area contributed by atoms with Crippen molar-refractivity contribution in [2.75, 3.05) is 10.6 Å². The zero-order chi connectivity index (χ0) is 16.2. The van der Waals surface area contributed by atoms with Gasteiger partial charge in [-0.3, -0.25) is 4.79 Å². The number of rotatable bonds is 4. The fourth-order valence-electron chi connectivity index (χ4n) is 1.95. The summed E-state index contributed by atoms with van der Waals surface area (Å²) in [6.45, 7) is 7.75.